The molecule has 1 aromatic carbocycles. The minimum Gasteiger partial charge on any atom is -0.457 e. The zero-order valence-electron chi connectivity index (χ0n) is 16.3. The number of carbonyl (C=O) groups is 4. The summed E-state index contributed by atoms with van der Waals surface area (Å²) in [5.41, 5.74) is 2.34. The highest BCUT2D eigenvalue weighted by Gasteiger charge is 2.60. The first-order chi connectivity index (χ1) is 13.4. The quantitative estimate of drug-likeness (QED) is 0.428. The Kier molecular flexibility index (Phi) is 4.81. The Balaban J connectivity index is 1.29. The second-order valence-electron chi connectivity index (χ2n) is 8.37. The molecule has 2 amide bonds. The molecule has 3 aliphatic rings. The van der Waals surface area contributed by atoms with Crippen LogP contribution in [0.5, 0.6) is 0 Å². The fourth-order valence-corrected chi connectivity index (χ4v) is 5.23. The lowest BCUT2D eigenvalue weighted by atomic mass is 9.81. The summed E-state index contributed by atoms with van der Waals surface area (Å²) in [5, 5.41) is 0. The normalized spacial score (nSPS) is 28.0. The number of ether oxygens (including phenoxy) is 1. The summed E-state index contributed by atoms with van der Waals surface area (Å²) in [4.78, 5) is 50.8. The number of hydrogen-bond acceptors (Lipinski definition) is 5. The van der Waals surface area contributed by atoms with Gasteiger partial charge < -0.3 is 4.74 Å². The van der Waals surface area contributed by atoms with Crippen molar-refractivity contribution in [3.8, 4) is 0 Å². The summed E-state index contributed by atoms with van der Waals surface area (Å²) >= 11 is 0. The van der Waals surface area contributed by atoms with Crippen LogP contribution in [0.3, 0.4) is 0 Å². The van der Waals surface area contributed by atoms with Gasteiger partial charge in [0.1, 0.15) is 0 Å². The molecule has 2 aliphatic carbocycles. The molecule has 4 unspecified atom stereocenters. The Morgan fingerprint density at radius 1 is 1.07 bits per heavy atom. The molecular weight excluding hydrogens is 358 g/mol. The molecule has 0 radical (unpaired) electrons. The van der Waals surface area contributed by atoms with Gasteiger partial charge in [-0.15, -0.1) is 0 Å². The molecule has 4 atom stereocenters. The van der Waals surface area contributed by atoms with Crippen molar-refractivity contribution in [3.05, 3.63) is 34.9 Å². The van der Waals surface area contributed by atoms with Gasteiger partial charge >= 0.3 is 5.97 Å². The van der Waals surface area contributed by atoms with Gasteiger partial charge in [-0.2, -0.15) is 0 Å². The van der Waals surface area contributed by atoms with Crippen LogP contribution in [-0.4, -0.2) is 41.6 Å². The van der Waals surface area contributed by atoms with E-state index in [-0.39, 0.29) is 49.0 Å². The molecule has 2 saturated carbocycles. The number of aryl methyl sites for hydroxylation is 2. The highest BCUT2D eigenvalue weighted by atomic mass is 16.5. The first-order valence-corrected chi connectivity index (χ1v) is 9.98. The Labute approximate surface area is 164 Å². The molecule has 6 heteroatoms. The first-order valence-electron chi connectivity index (χ1n) is 9.98. The van der Waals surface area contributed by atoms with Crippen LogP contribution in [0.15, 0.2) is 18.2 Å². The monoisotopic (exact) mass is 383 g/mol. The minimum absolute atomic E-state index is 0.0423. The number of fused-ring (bicyclic) bond motifs is 5. The molecule has 1 aliphatic heterocycles. The number of Topliss-reactive ketones (excluding diaryl/α,β-unsaturated/α-hetero) is 1. The topological polar surface area (TPSA) is 80.8 Å². The molecule has 4 rings (SSSR count). The fraction of sp³-hybridized carbons (Fsp3) is 0.545. The zero-order valence-corrected chi connectivity index (χ0v) is 16.3. The molecule has 1 saturated heterocycles. The zero-order chi connectivity index (χ0) is 20.0. The molecule has 0 aromatic heterocycles. The highest BCUT2D eigenvalue weighted by Crippen LogP contribution is 2.56. The van der Waals surface area contributed by atoms with Crippen LogP contribution in [0, 0.1) is 37.5 Å². The maximum absolute atomic E-state index is 12.6. The summed E-state index contributed by atoms with van der Waals surface area (Å²) in [6, 6.07) is 5.56. The smallest absolute Gasteiger partial charge is 0.308 e. The molecule has 3 fully saturated rings. The van der Waals surface area contributed by atoms with E-state index in [0.29, 0.717) is 17.4 Å². The van der Waals surface area contributed by atoms with E-state index in [1.165, 1.54) is 4.90 Å². The lowest BCUT2D eigenvalue weighted by Crippen LogP contribution is -2.35. The number of hydrogen-bond donors (Lipinski definition) is 0. The summed E-state index contributed by atoms with van der Waals surface area (Å²) in [7, 11) is 0. The van der Waals surface area contributed by atoms with Gasteiger partial charge in [-0.3, -0.25) is 24.1 Å². The van der Waals surface area contributed by atoms with Gasteiger partial charge in [0.15, 0.2) is 6.61 Å². The minimum atomic E-state index is -0.570. The van der Waals surface area contributed by atoms with Crippen LogP contribution >= 0.6 is 0 Å². The molecule has 148 valence electrons. The van der Waals surface area contributed by atoms with E-state index in [2.05, 4.69) is 0 Å². The summed E-state index contributed by atoms with van der Waals surface area (Å²) in [6.07, 6.45) is 2.97. The van der Waals surface area contributed by atoms with E-state index in [9.17, 15) is 19.2 Å². The van der Waals surface area contributed by atoms with Crippen LogP contribution in [0.2, 0.25) is 0 Å². The molecule has 0 spiro atoms. The van der Waals surface area contributed by atoms with Crippen LogP contribution in [0.4, 0.5) is 0 Å². The van der Waals surface area contributed by atoms with Gasteiger partial charge in [0.2, 0.25) is 17.6 Å². The fourth-order valence-electron chi connectivity index (χ4n) is 5.23. The van der Waals surface area contributed by atoms with Crippen molar-refractivity contribution in [1.29, 1.82) is 0 Å². The van der Waals surface area contributed by atoms with Crippen LogP contribution in [0.25, 0.3) is 0 Å². The second kappa shape index (κ2) is 7.15. The predicted molar refractivity (Wildman–Crippen MR) is 100 cm³/mol. The Morgan fingerprint density at radius 3 is 2.36 bits per heavy atom. The van der Waals surface area contributed by atoms with Crippen LogP contribution in [0.1, 0.15) is 47.2 Å². The van der Waals surface area contributed by atoms with Crippen molar-refractivity contribution in [2.24, 2.45) is 23.7 Å². The lowest BCUT2D eigenvalue weighted by molar-refractivity contribution is -0.145. The number of carbonyl (C=O) groups excluding carboxylic acids is 4. The molecule has 1 heterocycles. The van der Waals surface area contributed by atoms with E-state index in [1.807, 2.05) is 26.0 Å². The Morgan fingerprint density at radius 2 is 1.71 bits per heavy atom. The van der Waals surface area contributed by atoms with Crippen molar-refractivity contribution in [2.45, 2.75) is 39.5 Å². The third-order valence-electron chi connectivity index (χ3n) is 6.62. The number of amides is 2. The SMILES string of the molecule is Cc1ccc(C)c(C(=O)COC(=O)CCN2C(=O)C3C4CCC(C4)C3C2=O)c1. The number of likely N-dealkylation sites (tertiary alicyclic amines) is 1. The number of ketones is 1. The van der Waals surface area contributed by atoms with Gasteiger partial charge in [0, 0.05) is 12.1 Å². The predicted octanol–water partition coefficient (Wildman–Crippen LogP) is 2.45. The number of esters is 1. The standard InChI is InChI=1S/C22H25NO5/c1-12-3-4-13(2)16(9-12)17(24)11-28-18(25)7-8-23-21(26)19-14-5-6-15(10-14)20(19)22(23)27/h3-4,9,14-15,19-20H,5-8,10-11H2,1-2H3. The lowest BCUT2D eigenvalue weighted by Gasteiger charge is -2.19. The Hall–Kier alpha value is -2.50. The number of nitrogens with zero attached hydrogens (tertiary/aromatic N) is 1. The molecule has 6 nitrogen and oxygen atoms in total. The number of rotatable bonds is 6. The van der Waals surface area contributed by atoms with Crippen LogP contribution in [-0.2, 0) is 19.1 Å². The molecule has 28 heavy (non-hydrogen) atoms. The summed E-state index contributed by atoms with van der Waals surface area (Å²) in [5.74, 6) is -0.755. The summed E-state index contributed by atoms with van der Waals surface area (Å²) < 4.78 is 5.09. The van der Waals surface area contributed by atoms with Crippen molar-refractivity contribution in [2.75, 3.05) is 13.2 Å². The largest absolute Gasteiger partial charge is 0.457 e. The molecular formula is C22H25NO5. The first kappa shape index (κ1) is 18.8. The maximum atomic E-state index is 12.6. The van der Waals surface area contributed by atoms with Crippen molar-refractivity contribution >= 4 is 23.6 Å². The van der Waals surface area contributed by atoms with Crippen molar-refractivity contribution in [1.82, 2.24) is 4.90 Å². The second-order valence-corrected chi connectivity index (χ2v) is 8.37. The van der Waals surface area contributed by atoms with Gasteiger partial charge in [-0.05, 0) is 56.6 Å². The van der Waals surface area contributed by atoms with E-state index < -0.39 is 5.97 Å². The number of benzene rings is 1. The van der Waals surface area contributed by atoms with Crippen molar-refractivity contribution < 1.29 is 23.9 Å². The molecule has 2 bridgehead atoms. The van der Waals surface area contributed by atoms with Gasteiger partial charge in [0.05, 0.1) is 18.3 Å². The van der Waals surface area contributed by atoms with Gasteiger partial charge in [-0.1, -0.05) is 17.7 Å². The highest BCUT2D eigenvalue weighted by molar-refractivity contribution is 6.06. The average Bonchev–Trinajstić information content (AvgIpc) is 3.34. The van der Waals surface area contributed by atoms with Gasteiger partial charge in [-0.25, -0.2) is 0 Å². The molecule has 0 N–H and O–H groups in total. The third-order valence-corrected chi connectivity index (χ3v) is 6.62. The van der Waals surface area contributed by atoms with Crippen molar-refractivity contribution in [3.63, 3.8) is 0 Å². The maximum Gasteiger partial charge on any atom is 0.308 e. The summed E-state index contributed by atoms with van der Waals surface area (Å²) in [6.45, 7) is 3.44. The van der Waals surface area contributed by atoms with E-state index in [4.69, 9.17) is 4.74 Å². The average molecular weight is 383 g/mol. The van der Waals surface area contributed by atoms with Gasteiger partial charge in [0.25, 0.3) is 0 Å². The Bertz CT molecular complexity index is 832. The number of imide groups is 1. The molecule has 1 aromatic rings. The van der Waals surface area contributed by atoms with Crippen LogP contribution < -0.4 is 0 Å². The third kappa shape index (κ3) is 3.15. The van der Waals surface area contributed by atoms with E-state index in [0.717, 1.165) is 30.4 Å². The van der Waals surface area contributed by atoms with E-state index >= 15 is 0 Å². The van der Waals surface area contributed by atoms with E-state index in [1.54, 1.807) is 6.07 Å².